The van der Waals surface area contributed by atoms with E-state index in [1.54, 1.807) is 12.1 Å². The van der Waals surface area contributed by atoms with Crippen LogP contribution in [-0.2, 0) is 5.41 Å². The molecule has 2 aromatic carbocycles. The third-order valence-electron chi connectivity index (χ3n) is 6.13. The molecule has 0 fully saturated rings. The van der Waals surface area contributed by atoms with Crippen LogP contribution in [0.15, 0.2) is 54.6 Å². The van der Waals surface area contributed by atoms with E-state index in [2.05, 4.69) is 32.1 Å². The van der Waals surface area contributed by atoms with Crippen molar-refractivity contribution in [3.63, 3.8) is 0 Å². The lowest BCUT2D eigenvalue weighted by atomic mass is 9.64. The topological polar surface area (TPSA) is 40.5 Å². The van der Waals surface area contributed by atoms with Gasteiger partial charge in [0.2, 0.25) is 0 Å². The van der Waals surface area contributed by atoms with Gasteiger partial charge in [-0.15, -0.1) is 0 Å². The summed E-state index contributed by atoms with van der Waals surface area (Å²) in [5.74, 6) is 1.27. The van der Waals surface area contributed by atoms with Crippen LogP contribution in [0.2, 0.25) is 0 Å². The van der Waals surface area contributed by atoms with E-state index < -0.39 is 0 Å². The Balaban J connectivity index is 1.82. The first kappa shape index (κ1) is 18.6. The average molecular weight is 351 g/mol. The van der Waals surface area contributed by atoms with Crippen LogP contribution in [-0.4, -0.2) is 10.2 Å². The Labute approximate surface area is 157 Å². The summed E-state index contributed by atoms with van der Waals surface area (Å²) in [4.78, 5) is 0. The molecule has 0 bridgehead atoms. The van der Waals surface area contributed by atoms with Gasteiger partial charge in [-0.05, 0) is 78.0 Å². The highest BCUT2D eigenvalue weighted by atomic mass is 16.3. The Morgan fingerprint density at radius 1 is 0.962 bits per heavy atom. The first-order valence-corrected chi connectivity index (χ1v) is 9.81. The molecule has 138 valence electrons. The maximum atomic E-state index is 9.66. The Hall–Kier alpha value is -2.22. The maximum absolute atomic E-state index is 9.66. The Morgan fingerprint density at radius 2 is 1.58 bits per heavy atom. The van der Waals surface area contributed by atoms with Crippen LogP contribution in [0.1, 0.15) is 63.5 Å². The molecule has 26 heavy (non-hydrogen) atoms. The number of phenolic OH excluding ortho intramolecular Hbond substituents is 2. The smallest absolute Gasteiger partial charge is 0.115 e. The van der Waals surface area contributed by atoms with E-state index >= 15 is 0 Å². The molecule has 0 aliphatic heterocycles. The van der Waals surface area contributed by atoms with Gasteiger partial charge in [0.25, 0.3) is 0 Å². The zero-order valence-corrected chi connectivity index (χ0v) is 15.9. The zero-order chi connectivity index (χ0) is 18.6. The monoisotopic (exact) mass is 350 g/mol. The van der Waals surface area contributed by atoms with Gasteiger partial charge in [-0.2, -0.15) is 0 Å². The molecule has 2 unspecified atom stereocenters. The fourth-order valence-corrected chi connectivity index (χ4v) is 4.32. The number of allylic oxidation sites excluding steroid dienone is 2. The molecule has 2 aromatic rings. The zero-order valence-electron chi connectivity index (χ0n) is 15.9. The molecule has 0 aromatic heterocycles. The average Bonchev–Trinajstić information content (AvgIpc) is 2.67. The summed E-state index contributed by atoms with van der Waals surface area (Å²) in [5, 5.41) is 19.2. The van der Waals surface area contributed by atoms with Crippen molar-refractivity contribution in [2.45, 2.75) is 57.8 Å². The third kappa shape index (κ3) is 3.95. The van der Waals surface area contributed by atoms with Crippen LogP contribution in [0, 0.1) is 5.92 Å². The molecule has 0 saturated carbocycles. The van der Waals surface area contributed by atoms with Gasteiger partial charge in [-0.25, -0.2) is 0 Å². The SMILES string of the molecule is CCCCC(C)(c1ccc(O)cc1)C1CC=C(c2ccc(O)cc2)CC1. The minimum absolute atomic E-state index is 0.140. The van der Waals surface area contributed by atoms with Crippen molar-refractivity contribution in [3.8, 4) is 11.5 Å². The molecule has 0 heterocycles. The van der Waals surface area contributed by atoms with Gasteiger partial charge >= 0.3 is 0 Å². The van der Waals surface area contributed by atoms with E-state index in [9.17, 15) is 10.2 Å². The molecule has 0 saturated heterocycles. The van der Waals surface area contributed by atoms with Gasteiger partial charge in [0.1, 0.15) is 11.5 Å². The van der Waals surface area contributed by atoms with Crippen LogP contribution in [0.25, 0.3) is 5.57 Å². The van der Waals surface area contributed by atoms with Crippen molar-refractivity contribution in [1.29, 1.82) is 0 Å². The predicted octanol–water partition coefficient (Wildman–Crippen LogP) is 6.43. The summed E-state index contributed by atoms with van der Waals surface area (Å²) in [6, 6.07) is 15.4. The van der Waals surface area contributed by atoms with E-state index in [4.69, 9.17) is 0 Å². The standard InChI is InChI=1S/C24H30O2/c1-3-4-17-24(2,21-11-15-23(26)16-12-21)20-9-5-18(6-10-20)19-7-13-22(25)14-8-19/h5,7-8,11-16,20,25-26H,3-4,6,9-10,17H2,1-2H3. The highest BCUT2D eigenvalue weighted by Crippen LogP contribution is 2.45. The van der Waals surface area contributed by atoms with Gasteiger partial charge in [-0.3, -0.25) is 0 Å². The molecule has 2 N–H and O–H groups in total. The molecule has 1 aliphatic rings. The molecule has 2 nitrogen and oxygen atoms in total. The number of unbranched alkanes of at least 4 members (excludes halogenated alkanes) is 1. The largest absolute Gasteiger partial charge is 0.508 e. The lowest BCUT2D eigenvalue weighted by molar-refractivity contribution is 0.249. The summed E-state index contributed by atoms with van der Waals surface area (Å²) in [6.07, 6.45) is 9.34. The molecule has 0 radical (unpaired) electrons. The number of hydrogen-bond acceptors (Lipinski definition) is 2. The van der Waals surface area contributed by atoms with Crippen molar-refractivity contribution in [2.75, 3.05) is 0 Å². The van der Waals surface area contributed by atoms with E-state index in [0.717, 1.165) is 12.8 Å². The Bertz CT molecular complexity index is 743. The third-order valence-corrected chi connectivity index (χ3v) is 6.13. The first-order chi connectivity index (χ1) is 12.5. The summed E-state index contributed by atoms with van der Waals surface area (Å²) in [7, 11) is 0. The normalized spacial score (nSPS) is 19.6. The maximum Gasteiger partial charge on any atom is 0.115 e. The van der Waals surface area contributed by atoms with Crippen LogP contribution < -0.4 is 0 Å². The number of aromatic hydroxyl groups is 2. The molecule has 2 atom stereocenters. The van der Waals surface area contributed by atoms with Gasteiger partial charge in [0.15, 0.2) is 0 Å². The van der Waals surface area contributed by atoms with Crippen molar-refractivity contribution in [1.82, 2.24) is 0 Å². The van der Waals surface area contributed by atoms with E-state index in [-0.39, 0.29) is 5.41 Å². The van der Waals surface area contributed by atoms with Gasteiger partial charge in [-0.1, -0.05) is 57.0 Å². The summed E-state index contributed by atoms with van der Waals surface area (Å²) in [5.41, 5.74) is 4.10. The quantitative estimate of drug-likeness (QED) is 0.630. The summed E-state index contributed by atoms with van der Waals surface area (Å²) < 4.78 is 0. The van der Waals surface area contributed by atoms with E-state index in [0.29, 0.717) is 17.4 Å². The second-order valence-electron chi connectivity index (χ2n) is 7.82. The second-order valence-corrected chi connectivity index (χ2v) is 7.82. The first-order valence-electron chi connectivity index (χ1n) is 9.81. The van der Waals surface area contributed by atoms with Crippen LogP contribution >= 0.6 is 0 Å². The highest BCUT2D eigenvalue weighted by molar-refractivity contribution is 5.66. The summed E-state index contributed by atoms with van der Waals surface area (Å²) >= 11 is 0. The minimum atomic E-state index is 0.140. The molecule has 0 spiro atoms. The summed E-state index contributed by atoms with van der Waals surface area (Å²) in [6.45, 7) is 4.65. The van der Waals surface area contributed by atoms with Crippen molar-refractivity contribution < 1.29 is 10.2 Å². The molecule has 1 aliphatic carbocycles. The van der Waals surface area contributed by atoms with Crippen LogP contribution in [0.5, 0.6) is 11.5 Å². The fourth-order valence-electron chi connectivity index (χ4n) is 4.32. The lowest BCUT2D eigenvalue weighted by Crippen LogP contribution is -2.33. The van der Waals surface area contributed by atoms with Gasteiger partial charge in [0.05, 0.1) is 0 Å². The van der Waals surface area contributed by atoms with E-state index in [1.807, 2.05) is 24.3 Å². The van der Waals surface area contributed by atoms with Gasteiger partial charge in [0, 0.05) is 0 Å². The van der Waals surface area contributed by atoms with Crippen molar-refractivity contribution in [3.05, 3.63) is 65.7 Å². The van der Waals surface area contributed by atoms with Crippen LogP contribution in [0.4, 0.5) is 0 Å². The number of benzene rings is 2. The number of phenols is 2. The minimum Gasteiger partial charge on any atom is -0.508 e. The van der Waals surface area contributed by atoms with Crippen molar-refractivity contribution in [2.24, 2.45) is 5.92 Å². The van der Waals surface area contributed by atoms with E-state index in [1.165, 1.54) is 42.4 Å². The van der Waals surface area contributed by atoms with Crippen molar-refractivity contribution >= 4 is 5.57 Å². The second kappa shape index (κ2) is 7.99. The van der Waals surface area contributed by atoms with Gasteiger partial charge < -0.3 is 10.2 Å². The molecule has 3 rings (SSSR count). The lowest BCUT2D eigenvalue weighted by Gasteiger charge is -2.40. The molecule has 0 amide bonds. The Kier molecular flexibility index (Phi) is 5.70. The fraction of sp³-hybridized carbons (Fsp3) is 0.417. The predicted molar refractivity (Wildman–Crippen MR) is 108 cm³/mol. The molecule has 2 heteroatoms. The number of hydrogen-bond donors (Lipinski definition) is 2. The highest BCUT2D eigenvalue weighted by Gasteiger charge is 2.36. The van der Waals surface area contributed by atoms with Crippen LogP contribution in [0.3, 0.4) is 0 Å². The Morgan fingerprint density at radius 3 is 2.12 bits per heavy atom. The number of rotatable bonds is 6. The molecular formula is C24H30O2. The molecular weight excluding hydrogens is 320 g/mol.